The van der Waals surface area contributed by atoms with Crippen LogP contribution in [0.2, 0.25) is 0 Å². The van der Waals surface area contributed by atoms with E-state index in [0.29, 0.717) is 0 Å². The molecule has 1 heterocycles. The average Bonchev–Trinajstić information content (AvgIpc) is 2.62. The van der Waals surface area contributed by atoms with Crippen LogP contribution in [0.15, 0.2) is 0 Å². The highest BCUT2D eigenvalue weighted by Crippen LogP contribution is 2.20. The zero-order valence-corrected chi connectivity index (χ0v) is 6.29. The van der Waals surface area contributed by atoms with E-state index < -0.39 is 5.97 Å². The van der Waals surface area contributed by atoms with E-state index in [1.165, 1.54) is 0 Å². The molecule has 0 spiro atoms. The molecule has 1 saturated heterocycles. The van der Waals surface area contributed by atoms with Crippen LogP contribution in [0.4, 0.5) is 0 Å². The fourth-order valence-corrected chi connectivity index (χ4v) is 1.10. The lowest BCUT2D eigenvalue weighted by Gasteiger charge is -1.96. The van der Waals surface area contributed by atoms with Crippen LogP contribution in [0.1, 0.15) is 12.8 Å². The standard InChI is InChI=1S/C8H11NO2/c1-2-3-4-9-6-7(9)5-8(10)11/h1,7H,3-6H2,(H,10,11). The highest BCUT2D eigenvalue weighted by Gasteiger charge is 2.34. The van der Waals surface area contributed by atoms with Gasteiger partial charge in [0.25, 0.3) is 0 Å². The van der Waals surface area contributed by atoms with E-state index in [-0.39, 0.29) is 12.5 Å². The quantitative estimate of drug-likeness (QED) is 0.462. The zero-order chi connectivity index (χ0) is 8.27. The number of carboxylic acids is 1. The summed E-state index contributed by atoms with van der Waals surface area (Å²) in [6, 6.07) is 0.251. The van der Waals surface area contributed by atoms with E-state index in [9.17, 15) is 4.79 Å². The summed E-state index contributed by atoms with van der Waals surface area (Å²) in [5.41, 5.74) is 0. The van der Waals surface area contributed by atoms with Crippen LogP contribution in [-0.2, 0) is 4.79 Å². The smallest absolute Gasteiger partial charge is 0.304 e. The molecule has 2 atom stereocenters. The highest BCUT2D eigenvalue weighted by atomic mass is 16.4. The van der Waals surface area contributed by atoms with Gasteiger partial charge in [-0.15, -0.1) is 12.3 Å². The predicted molar refractivity (Wildman–Crippen MR) is 41.1 cm³/mol. The van der Waals surface area contributed by atoms with Gasteiger partial charge < -0.3 is 5.11 Å². The van der Waals surface area contributed by atoms with Gasteiger partial charge >= 0.3 is 5.97 Å². The number of nitrogens with zero attached hydrogens (tertiary/aromatic N) is 1. The Balaban J connectivity index is 2.08. The lowest BCUT2D eigenvalue weighted by Crippen LogP contribution is -2.07. The van der Waals surface area contributed by atoms with Crippen molar-refractivity contribution in [2.45, 2.75) is 18.9 Å². The number of carboxylic acid groups (broad SMARTS) is 1. The number of carbonyl (C=O) groups is 1. The molecule has 3 nitrogen and oxygen atoms in total. The molecule has 0 aromatic carbocycles. The van der Waals surface area contributed by atoms with Gasteiger partial charge in [0.05, 0.1) is 6.42 Å². The van der Waals surface area contributed by atoms with E-state index in [1.807, 2.05) is 0 Å². The first kappa shape index (κ1) is 8.09. The van der Waals surface area contributed by atoms with E-state index in [4.69, 9.17) is 11.5 Å². The van der Waals surface area contributed by atoms with E-state index in [2.05, 4.69) is 10.8 Å². The third-order valence-electron chi connectivity index (χ3n) is 1.78. The highest BCUT2D eigenvalue weighted by molar-refractivity contribution is 5.68. The maximum Gasteiger partial charge on any atom is 0.304 e. The Morgan fingerprint density at radius 1 is 1.82 bits per heavy atom. The van der Waals surface area contributed by atoms with Gasteiger partial charge in [0.2, 0.25) is 0 Å². The Labute approximate surface area is 66.0 Å². The lowest BCUT2D eigenvalue weighted by atomic mass is 10.3. The van der Waals surface area contributed by atoms with Gasteiger partial charge in [-0.2, -0.15) is 0 Å². The molecule has 11 heavy (non-hydrogen) atoms. The molecule has 1 rings (SSSR count). The molecular weight excluding hydrogens is 142 g/mol. The van der Waals surface area contributed by atoms with Crippen molar-refractivity contribution in [1.29, 1.82) is 0 Å². The number of terminal acetylenes is 1. The monoisotopic (exact) mass is 153 g/mol. The van der Waals surface area contributed by atoms with Crippen molar-refractivity contribution in [3.63, 3.8) is 0 Å². The number of rotatable bonds is 4. The maximum absolute atomic E-state index is 10.2. The summed E-state index contributed by atoms with van der Waals surface area (Å²) in [7, 11) is 0. The second kappa shape index (κ2) is 3.40. The summed E-state index contributed by atoms with van der Waals surface area (Å²) in [6.07, 6.45) is 6.03. The zero-order valence-electron chi connectivity index (χ0n) is 6.29. The Morgan fingerprint density at radius 2 is 2.55 bits per heavy atom. The molecule has 1 aliphatic heterocycles. The summed E-state index contributed by atoms with van der Waals surface area (Å²) in [4.78, 5) is 12.3. The number of hydrogen-bond donors (Lipinski definition) is 1. The molecule has 1 fully saturated rings. The lowest BCUT2D eigenvalue weighted by molar-refractivity contribution is -0.137. The SMILES string of the molecule is C#CCCN1CC1CC(=O)O. The largest absolute Gasteiger partial charge is 0.481 e. The Bertz CT molecular complexity index is 195. The van der Waals surface area contributed by atoms with Crippen molar-refractivity contribution >= 4 is 5.97 Å². The molecule has 1 N–H and O–H groups in total. The van der Waals surface area contributed by atoms with Crippen LogP contribution in [-0.4, -0.2) is 35.1 Å². The molecule has 1 aliphatic rings. The fourth-order valence-electron chi connectivity index (χ4n) is 1.10. The summed E-state index contributed by atoms with van der Waals surface area (Å²) >= 11 is 0. The van der Waals surface area contributed by atoms with Crippen LogP contribution in [0, 0.1) is 12.3 Å². The normalized spacial score (nSPS) is 27.5. The molecular formula is C8H11NO2. The van der Waals surface area contributed by atoms with Crippen molar-refractivity contribution in [2.24, 2.45) is 0 Å². The van der Waals surface area contributed by atoms with Gasteiger partial charge in [0.15, 0.2) is 0 Å². The van der Waals surface area contributed by atoms with Crippen molar-refractivity contribution in [1.82, 2.24) is 4.90 Å². The van der Waals surface area contributed by atoms with Crippen molar-refractivity contribution in [3.8, 4) is 12.3 Å². The second-order valence-electron chi connectivity index (χ2n) is 2.70. The van der Waals surface area contributed by atoms with Crippen LogP contribution >= 0.6 is 0 Å². The molecule has 3 heteroatoms. The number of hydrogen-bond acceptors (Lipinski definition) is 2. The number of aliphatic carboxylic acids is 1. The summed E-state index contributed by atoms with van der Waals surface area (Å²) in [5, 5.41) is 8.40. The molecule has 0 saturated carbocycles. The molecule has 60 valence electrons. The van der Waals surface area contributed by atoms with Gasteiger partial charge in [0.1, 0.15) is 0 Å². The molecule has 2 unspecified atom stereocenters. The van der Waals surface area contributed by atoms with Crippen LogP contribution in [0.25, 0.3) is 0 Å². The van der Waals surface area contributed by atoms with Gasteiger partial charge in [-0.3, -0.25) is 9.69 Å². The second-order valence-corrected chi connectivity index (χ2v) is 2.70. The van der Waals surface area contributed by atoms with Crippen molar-refractivity contribution in [2.75, 3.05) is 13.1 Å². The van der Waals surface area contributed by atoms with Gasteiger partial charge in [-0.25, -0.2) is 0 Å². The van der Waals surface area contributed by atoms with Gasteiger partial charge in [0, 0.05) is 25.6 Å². The van der Waals surface area contributed by atoms with Gasteiger partial charge in [-0.05, 0) is 0 Å². The first-order valence-corrected chi connectivity index (χ1v) is 3.63. The van der Waals surface area contributed by atoms with Crippen LogP contribution < -0.4 is 0 Å². The van der Waals surface area contributed by atoms with Crippen LogP contribution in [0.3, 0.4) is 0 Å². The Kier molecular flexibility index (Phi) is 2.50. The van der Waals surface area contributed by atoms with E-state index in [1.54, 1.807) is 0 Å². The molecule has 0 bridgehead atoms. The molecule has 0 amide bonds. The minimum atomic E-state index is -0.724. The van der Waals surface area contributed by atoms with E-state index >= 15 is 0 Å². The third-order valence-corrected chi connectivity index (χ3v) is 1.78. The third kappa shape index (κ3) is 2.60. The average molecular weight is 153 g/mol. The minimum absolute atomic E-state index is 0.251. The van der Waals surface area contributed by atoms with E-state index in [0.717, 1.165) is 19.5 Å². The summed E-state index contributed by atoms with van der Waals surface area (Å²) < 4.78 is 0. The van der Waals surface area contributed by atoms with Crippen molar-refractivity contribution < 1.29 is 9.90 Å². The van der Waals surface area contributed by atoms with Gasteiger partial charge in [-0.1, -0.05) is 0 Å². The van der Waals surface area contributed by atoms with Crippen LogP contribution in [0.5, 0.6) is 0 Å². The fraction of sp³-hybridized carbons (Fsp3) is 0.625. The predicted octanol–water partition coefficient (Wildman–Crippen LogP) is 0.169. The first-order chi connectivity index (χ1) is 5.24. The molecule has 0 aromatic rings. The topological polar surface area (TPSA) is 40.3 Å². The first-order valence-electron chi connectivity index (χ1n) is 3.63. The minimum Gasteiger partial charge on any atom is -0.481 e. The summed E-state index contributed by atoms with van der Waals surface area (Å²) in [5.74, 6) is 1.80. The maximum atomic E-state index is 10.2. The van der Waals surface area contributed by atoms with Crippen molar-refractivity contribution in [3.05, 3.63) is 0 Å². The molecule has 0 aliphatic carbocycles. The molecule has 0 aromatic heterocycles. The summed E-state index contributed by atoms with van der Waals surface area (Å²) in [6.45, 7) is 1.74. The molecule has 0 radical (unpaired) electrons. The Morgan fingerprint density at radius 3 is 3.09 bits per heavy atom. The Hall–Kier alpha value is -1.01.